The highest BCUT2D eigenvalue weighted by Crippen LogP contribution is 2.26. The van der Waals surface area contributed by atoms with Crippen LogP contribution >= 0.6 is 0 Å². The van der Waals surface area contributed by atoms with Crippen LogP contribution in [0, 0.1) is 0 Å². The van der Waals surface area contributed by atoms with Crippen molar-refractivity contribution in [2.24, 2.45) is 0 Å². The molecule has 1 aromatic carbocycles. The van der Waals surface area contributed by atoms with Crippen LogP contribution in [-0.2, 0) is 12.8 Å². The zero-order valence-electron chi connectivity index (χ0n) is 12.4. The van der Waals surface area contributed by atoms with E-state index in [2.05, 4.69) is 4.98 Å². The van der Waals surface area contributed by atoms with Gasteiger partial charge in [0, 0.05) is 23.0 Å². The Morgan fingerprint density at radius 3 is 2.73 bits per heavy atom. The maximum absolute atomic E-state index is 12.2. The van der Waals surface area contributed by atoms with Gasteiger partial charge >= 0.3 is 5.69 Å². The Labute approximate surface area is 127 Å². The maximum atomic E-state index is 12.2. The van der Waals surface area contributed by atoms with Crippen LogP contribution in [0.1, 0.15) is 24.1 Å². The Hall–Kier alpha value is -2.56. The standard InChI is InChI=1S/C17H17N3O2/c1-22-12-8-6-11(7-9-12)15-10-20-16(18-15)13-4-2-3-5-14(13)19-17(20)21/h6-10H,2-5H2,1H3,(H,19,21). The number of nitrogens with zero attached hydrogens (tertiary/aromatic N) is 2. The van der Waals surface area contributed by atoms with E-state index in [0.29, 0.717) is 0 Å². The molecular weight excluding hydrogens is 278 g/mol. The van der Waals surface area contributed by atoms with E-state index >= 15 is 0 Å². The molecule has 5 heteroatoms. The first kappa shape index (κ1) is 13.1. The van der Waals surface area contributed by atoms with Gasteiger partial charge in [-0.2, -0.15) is 0 Å². The minimum absolute atomic E-state index is 0.108. The number of methoxy groups -OCH3 is 1. The fraction of sp³-hybridized carbons (Fsp3) is 0.294. The second-order valence-electron chi connectivity index (χ2n) is 5.64. The molecule has 0 radical (unpaired) electrons. The van der Waals surface area contributed by atoms with Crippen LogP contribution in [0.4, 0.5) is 0 Å². The Kier molecular flexibility index (Phi) is 2.99. The average Bonchev–Trinajstić information content (AvgIpc) is 3.01. The number of hydrogen-bond donors (Lipinski definition) is 1. The third-order valence-corrected chi connectivity index (χ3v) is 4.31. The van der Waals surface area contributed by atoms with Gasteiger partial charge in [0.2, 0.25) is 0 Å². The molecule has 1 aliphatic carbocycles. The minimum Gasteiger partial charge on any atom is -0.497 e. The van der Waals surface area contributed by atoms with Gasteiger partial charge in [0.25, 0.3) is 0 Å². The summed E-state index contributed by atoms with van der Waals surface area (Å²) in [6, 6.07) is 7.72. The normalized spacial score (nSPS) is 14.0. The molecule has 0 atom stereocenters. The minimum atomic E-state index is -0.108. The lowest BCUT2D eigenvalue weighted by atomic mass is 9.97. The average molecular weight is 295 g/mol. The summed E-state index contributed by atoms with van der Waals surface area (Å²) in [6.07, 6.45) is 6.01. The van der Waals surface area contributed by atoms with Crippen LogP contribution < -0.4 is 10.4 Å². The summed E-state index contributed by atoms with van der Waals surface area (Å²) in [7, 11) is 1.64. The number of aryl methyl sites for hydroxylation is 2. The van der Waals surface area contributed by atoms with Crippen LogP contribution in [0.2, 0.25) is 0 Å². The molecule has 0 aliphatic heterocycles. The third-order valence-electron chi connectivity index (χ3n) is 4.31. The molecule has 0 saturated carbocycles. The monoisotopic (exact) mass is 295 g/mol. The third kappa shape index (κ3) is 2.01. The largest absolute Gasteiger partial charge is 0.497 e. The topological polar surface area (TPSA) is 59.4 Å². The molecule has 0 bridgehead atoms. The van der Waals surface area contributed by atoms with Gasteiger partial charge in [-0.1, -0.05) is 0 Å². The van der Waals surface area contributed by atoms with E-state index in [1.807, 2.05) is 30.5 Å². The van der Waals surface area contributed by atoms with E-state index in [4.69, 9.17) is 9.72 Å². The number of ether oxygens (including phenoxy) is 1. The van der Waals surface area contributed by atoms with E-state index in [9.17, 15) is 4.79 Å². The first-order valence-electron chi connectivity index (χ1n) is 7.54. The molecule has 4 rings (SSSR count). The van der Waals surface area contributed by atoms with Gasteiger partial charge in [0.1, 0.15) is 11.4 Å². The molecular formula is C17H17N3O2. The number of hydrogen-bond acceptors (Lipinski definition) is 3. The Balaban J connectivity index is 1.89. The lowest BCUT2D eigenvalue weighted by Gasteiger charge is -2.15. The van der Waals surface area contributed by atoms with E-state index in [0.717, 1.165) is 54.0 Å². The van der Waals surface area contributed by atoms with Crippen LogP contribution in [0.5, 0.6) is 5.75 Å². The van der Waals surface area contributed by atoms with Crippen molar-refractivity contribution >= 4 is 5.65 Å². The van der Waals surface area contributed by atoms with Crippen LogP contribution in [0.3, 0.4) is 0 Å². The van der Waals surface area contributed by atoms with E-state index in [-0.39, 0.29) is 5.69 Å². The number of aromatic nitrogens is 3. The predicted molar refractivity (Wildman–Crippen MR) is 84.4 cm³/mol. The van der Waals surface area contributed by atoms with Gasteiger partial charge in [0.15, 0.2) is 0 Å². The van der Waals surface area contributed by atoms with Crippen molar-refractivity contribution in [1.29, 1.82) is 0 Å². The summed E-state index contributed by atoms with van der Waals surface area (Å²) in [5.41, 5.74) is 4.72. The molecule has 112 valence electrons. The molecule has 0 amide bonds. The Morgan fingerprint density at radius 1 is 1.18 bits per heavy atom. The molecule has 0 unspecified atom stereocenters. The molecule has 2 aromatic heterocycles. The van der Waals surface area contributed by atoms with Gasteiger partial charge in [0.05, 0.1) is 12.8 Å². The molecule has 5 nitrogen and oxygen atoms in total. The fourth-order valence-corrected chi connectivity index (χ4v) is 3.13. The highest BCUT2D eigenvalue weighted by Gasteiger charge is 2.17. The molecule has 1 N–H and O–H groups in total. The molecule has 0 fully saturated rings. The van der Waals surface area contributed by atoms with E-state index < -0.39 is 0 Å². The number of benzene rings is 1. The van der Waals surface area contributed by atoms with Crippen molar-refractivity contribution in [2.45, 2.75) is 25.7 Å². The lowest BCUT2D eigenvalue weighted by Crippen LogP contribution is -2.21. The summed E-state index contributed by atoms with van der Waals surface area (Å²) in [4.78, 5) is 20.0. The van der Waals surface area contributed by atoms with Gasteiger partial charge < -0.3 is 9.72 Å². The Morgan fingerprint density at radius 2 is 1.95 bits per heavy atom. The second-order valence-corrected chi connectivity index (χ2v) is 5.64. The van der Waals surface area contributed by atoms with Crippen molar-refractivity contribution in [3.8, 4) is 17.0 Å². The molecule has 22 heavy (non-hydrogen) atoms. The zero-order valence-corrected chi connectivity index (χ0v) is 12.4. The van der Waals surface area contributed by atoms with Gasteiger partial charge in [-0.3, -0.25) is 4.40 Å². The van der Waals surface area contributed by atoms with Gasteiger partial charge in [-0.15, -0.1) is 0 Å². The van der Waals surface area contributed by atoms with Crippen LogP contribution in [-0.4, -0.2) is 21.5 Å². The van der Waals surface area contributed by atoms with Crippen molar-refractivity contribution in [3.05, 3.63) is 52.2 Å². The fourth-order valence-electron chi connectivity index (χ4n) is 3.13. The zero-order chi connectivity index (χ0) is 15.1. The van der Waals surface area contributed by atoms with Crippen molar-refractivity contribution in [3.63, 3.8) is 0 Å². The summed E-state index contributed by atoms with van der Waals surface area (Å²) in [5, 5.41) is 0. The second kappa shape index (κ2) is 5.02. The van der Waals surface area contributed by atoms with Crippen molar-refractivity contribution < 1.29 is 4.74 Å². The highest BCUT2D eigenvalue weighted by molar-refractivity contribution is 5.65. The number of H-pyrrole nitrogens is 1. The van der Waals surface area contributed by atoms with E-state index in [1.165, 1.54) is 5.56 Å². The molecule has 0 spiro atoms. The summed E-state index contributed by atoms with van der Waals surface area (Å²) in [5.74, 6) is 0.808. The number of fused-ring (bicyclic) bond motifs is 3. The van der Waals surface area contributed by atoms with Crippen molar-refractivity contribution in [2.75, 3.05) is 7.11 Å². The molecule has 0 saturated heterocycles. The first-order valence-corrected chi connectivity index (χ1v) is 7.54. The SMILES string of the molecule is COc1ccc(-c2cn3c(=O)[nH]c4c(c3n2)CCCC4)cc1. The van der Waals surface area contributed by atoms with Gasteiger partial charge in [-0.05, 0) is 49.9 Å². The highest BCUT2D eigenvalue weighted by atomic mass is 16.5. The molecule has 1 aliphatic rings. The summed E-state index contributed by atoms with van der Waals surface area (Å²) < 4.78 is 6.81. The molecule has 2 heterocycles. The van der Waals surface area contributed by atoms with Crippen LogP contribution in [0.15, 0.2) is 35.3 Å². The summed E-state index contributed by atoms with van der Waals surface area (Å²) in [6.45, 7) is 0. The summed E-state index contributed by atoms with van der Waals surface area (Å²) >= 11 is 0. The van der Waals surface area contributed by atoms with E-state index in [1.54, 1.807) is 11.5 Å². The predicted octanol–water partition coefficient (Wildman–Crippen LogP) is 2.58. The maximum Gasteiger partial charge on any atom is 0.331 e. The number of rotatable bonds is 2. The lowest BCUT2D eigenvalue weighted by molar-refractivity contribution is 0.415. The first-order chi connectivity index (χ1) is 10.8. The number of aromatic amines is 1. The van der Waals surface area contributed by atoms with Crippen molar-refractivity contribution in [1.82, 2.24) is 14.4 Å². The number of imidazole rings is 1. The quantitative estimate of drug-likeness (QED) is 0.790. The Bertz CT molecular complexity index is 891. The smallest absolute Gasteiger partial charge is 0.331 e. The van der Waals surface area contributed by atoms with Gasteiger partial charge in [-0.25, -0.2) is 9.78 Å². The molecule has 3 aromatic rings. The number of nitrogens with one attached hydrogen (secondary N) is 1. The van der Waals surface area contributed by atoms with Crippen LogP contribution in [0.25, 0.3) is 16.9 Å².